The normalized spacial score (nSPS) is 13.4. The largest absolute Gasteiger partial charge is 0.393 e. The lowest BCUT2D eigenvalue weighted by molar-refractivity contribution is -0.161. The number of amides is 7. The van der Waals surface area contributed by atoms with Gasteiger partial charge in [0.15, 0.2) is 34.9 Å². The van der Waals surface area contributed by atoms with Crippen LogP contribution in [0, 0.1) is 72.0 Å². The maximum Gasteiger partial charge on any atom is 0.352 e. The van der Waals surface area contributed by atoms with Gasteiger partial charge < -0.3 is 47.2 Å². The SMILES string of the molecule is C=C(NC(C)(C)C)C(F)(F)c1cc(C(=O)Nc2ccc(F)c(F)c2)ccc1F.CCC(C)(C)NC(=O)C(F)(F)c1cc(C(=O)Nc2ccc(F)c(F)c2)ccc1F.Cc1cc(NC(=O)c2ccc(C)c(C(F)(F)C(=O)N3CCC(O)CC3)c2)ccc1F.O=C(Nc1ccc(F)c(F)c1)c1ccc(F)c(C(F)(F)C(=O)NC2CCCC2)c1. The van der Waals surface area contributed by atoms with Crippen LogP contribution in [0.25, 0.3) is 0 Å². The van der Waals surface area contributed by atoms with Crippen LogP contribution in [-0.2, 0) is 38.1 Å². The summed E-state index contributed by atoms with van der Waals surface area (Å²) in [4.78, 5) is 86.9. The van der Waals surface area contributed by atoms with Gasteiger partial charge in [0.05, 0.1) is 28.5 Å². The predicted molar refractivity (Wildman–Crippen MR) is 395 cm³/mol. The third-order valence-electron chi connectivity index (χ3n) is 18.0. The average Bonchev–Trinajstić information content (AvgIpc) is 0.808. The van der Waals surface area contributed by atoms with Crippen LogP contribution in [0.15, 0.2) is 158 Å². The number of aliphatic hydroxyl groups is 1. The van der Waals surface area contributed by atoms with Crippen LogP contribution in [0.1, 0.15) is 161 Å². The van der Waals surface area contributed by atoms with Crippen LogP contribution in [-0.4, -0.2) is 87.7 Å². The van der Waals surface area contributed by atoms with E-state index in [-0.39, 0.29) is 65.2 Å². The molecule has 7 amide bonds. The van der Waals surface area contributed by atoms with Gasteiger partial charge in [0.1, 0.15) is 23.3 Å². The Bertz CT molecular complexity index is 5010. The van der Waals surface area contributed by atoms with Crippen molar-refractivity contribution < 1.29 is 118 Å². The van der Waals surface area contributed by atoms with E-state index in [9.17, 15) is 109 Å². The number of aryl methyl sites for hydroxylation is 2. The molecule has 1 saturated carbocycles. The minimum absolute atomic E-state index is 0.0425. The highest BCUT2D eigenvalue weighted by Gasteiger charge is 2.48. The first-order valence-electron chi connectivity index (χ1n) is 35.4. The third-order valence-corrected chi connectivity index (χ3v) is 18.0. The summed E-state index contributed by atoms with van der Waals surface area (Å²) in [5.41, 5.74) is -7.10. The number of nitrogens with one attached hydrogen (secondary N) is 7. The summed E-state index contributed by atoms with van der Waals surface area (Å²) in [6.07, 6.45) is 3.03. The molecule has 8 aromatic carbocycles. The standard InChI is InChI=1S/C22H23F3N2O3.C20H17F5N2O2.C20H19F5N2O2.C20H19F5N2O/c1-13-3-4-15(20(29)26-16-5-6-19(23)14(2)11-16)12-18(13)22(24,25)21(30)27-9-7-17(28)8-10-27;21-15-7-5-11(18(28)26-13-6-8-16(22)17(23)10-13)9-14(15)20(24,25)19(29)27-12-3-1-2-4-12;1-4-19(2,3)27-18(29)20(24,25)13-9-11(5-7-14(13)21)17(28)26-12-6-8-15(22)16(23)10-12;1-11(27-19(2,3)4)20(24,25)14-9-12(5-7-15(14)21)18(28)26-13-6-8-16(22)17(23)10-13/h3-6,11-12,17,28H,7-10H2,1-2H3,(H,26,29);5-10,12H,1-4H2,(H,26,28)(H,27,29);5-10H,4H2,1-3H3,(H,26,28)(H,27,29);5-10,27H,1H2,2-4H3,(H,26,28). The predicted octanol–water partition coefficient (Wildman–Crippen LogP) is 18.4. The number of carbonyl (C=O) groups is 7. The van der Waals surface area contributed by atoms with Crippen LogP contribution in [0.4, 0.5) is 102 Å². The lowest BCUT2D eigenvalue weighted by atomic mass is 9.97. The number of carbonyl (C=O) groups excluding carboxylic acids is 7. The molecule has 1 saturated heterocycles. The number of likely N-dealkylation sites (tertiary alicyclic amines) is 1. The summed E-state index contributed by atoms with van der Waals surface area (Å²) in [5.74, 6) is -35.5. The van der Waals surface area contributed by atoms with E-state index in [2.05, 4.69) is 43.8 Å². The van der Waals surface area contributed by atoms with Crippen molar-refractivity contribution in [3.63, 3.8) is 0 Å². The van der Waals surface area contributed by atoms with Gasteiger partial charge >= 0.3 is 23.7 Å². The Balaban J connectivity index is 0.000000214. The summed E-state index contributed by atoms with van der Waals surface area (Å²) in [6.45, 7) is 16.0. The van der Waals surface area contributed by atoms with E-state index in [1.807, 2.05) is 0 Å². The monoisotopic (exact) mass is 1640 g/mol. The van der Waals surface area contributed by atoms with Crippen LogP contribution in [0.3, 0.4) is 0 Å². The molecule has 116 heavy (non-hydrogen) atoms. The number of hydrogen-bond acceptors (Lipinski definition) is 9. The summed E-state index contributed by atoms with van der Waals surface area (Å²) < 4.78 is 252. The molecular weight excluding hydrogens is 1570 g/mol. The number of nitrogens with zero attached hydrogens (tertiary/aromatic N) is 1. The molecule has 2 aliphatic rings. The molecule has 1 aliphatic carbocycles. The second-order valence-electron chi connectivity index (χ2n) is 28.6. The number of aliphatic hydroxyl groups excluding tert-OH is 1. The molecule has 2 fully saturated rings. The van der Waals surface area contributed by atoms with E-state index in [4.69, 9.17) is 0 Å². The third kappa shape index (κ3) is 23.7. The van der Waals surface area contributed by atoms with Gasteiger partial charge in [0, 0.05) is 99.0 Å². The highest BCUT2D eigenvalue weighted by Crippen LogP contribution is 2.40. The maximum atomic E-state index is 15.0. The molecule has 0 unspecified atom stereocenters. The minimum atomic E-state index is -4.24. The number of piperidine rings is 1. The van der Waals surface area contributed by atoms with Crippen LogP contribution in [0.2, 0.25) is 0 Å². The van der Waals surface area contributed by atoms with Crippen molar-refractivity contribution in [3.05, 3.63) is 272 Å². The van der Waals surface area contributed by atoms with Crippen LogP contribution < -0.4 is 37.2 Å². The van der Waals surface area contributed by atoms with Crippen molar-refractivity contribution in [2.75, 3.05) is 34.4 Å². The first-order chi connectivity index (χ1) is 53.9. The Morgan fingerprint density at radius 2 is 0.733 bits per heavy atom. The van der Waals surface area contributed by atoms with Gasteiger partial charge in [-0.25, -0.2) is 43.9 Å². The Morgan fingerprint density at radius 1 is 0.397 bits per heavy atom. The van der Waals surface area contributed by atoms with E-state index < -0.39 is 180 Å². The van der Waals surface area contributed by atoms with Crippen LogP contribution in [0.5, 0.6) is 0 Å². The van der Waals surface area contributed by atoms with Crippen molar-refractivity contribution in [3.8, 4) is 0 Å². The molecule has 620 valence electrons. The Morgan fingerprint density at radius 3 is 1.09 bits per heavy atom. The molecule has 1 heterocycles. The lowest BCUT2D eigenvalue weighted by Crippen LogP contribution is -2.49. The van der Waals surface area contributed by atoms with Gasteiger partial charge in [-0.15, -0.1) is 0 Å². The molecule has 16 nitrogen and oxygen atoms in total. The zero-order chi connectivity index (χ0) is 86.5. The summed E-state index contributed by atoms with van der Waals surface area (Å²) in [5, 5.41) is 25.6. The number of hydrogen-bond donors (Lipinski definition) is 8. The minimum Gasteiger partial charge on any atom is -0.393 e. The van der Waals surface area contributed by atoms with Crippen molar-refractivity contribution in [2.24, 2.45) is 0 Å². The molecule has 0 atom stereocenters. The summed E-state index contributed by atoms with van der Waals surface area (Å²) >= 11 is 0. The van der Waals surface area contributed by atoms with E-state index in [0.29, 0.717) is 73.0 Å². The van der Waals surface area contributed by atoms with Gasteiger partial charge in [-0.05, 0) is 213 Å². The fraction of sp³-hybridized carbons (Fsp3) is 0.305. The number of alkyl halides is 8. The number of halogens is 18. The molecule has 0 aromatic heterocycles. The van der Waals surface area contributed by atoms with Crippen molar-refractivity contribution >= 4 is 64.1 Å². The maximum absolute atomic E-state index is 15.0. The Labute approximate surface area is 653 Å². The van der Waals surface area contributed by atoms with E-state index in [1.54, 1.807) is 34.6 Å². The first-order valence-corrected chi connectivity index (χ1v) is 35.4. The van der Waals surface area contributed by atoms with Gasteiger partial charge in [-0.3, -0.25) is 33.6 Å². The molecule has 34 heteroatoms. The summed E-state index contributed by atoms with van der Waals surface area (Å²) in [7, 11) is 0. The molecule has 0 bridgehead atoms. The van der Waals surface area contributed by atoms with Crippen molar-refractivity contribution in [1.82, 2.24) is 20.9 Å². The van der Waals surface area contributed by atoms with Gasteiger partial charge in [-0.2, -0.15) is 35.1 Å². The molecule has 0 spiro atoms. The smallest absolute Gasteiger partial charge is 0.352 e. The van der Waals surface area contributed by atoms with E-state index >= 15 is 8.78 Å². The van der Waals surface area contributed by atoms with E-state index in [1.165, 1.54) is 51.1 Å². The zero-order valence-electron chi connectivity index (χ0n) is 63.1. The molecule has 8 N–H and O–H groups in total. The quantitative estimate of drug-likeness (QED) is 0.0339. The number of allylic oxidation sites excluding steroid dienone is 1. The first kappa shape index (κ1) is 91.5. The number of anilines is 4. The Hall–Kier alpha value is -11.7. The second-order valence-corrected chi connectivity index (χ2v) is 28.6. The number of rotatable bonds is 20. The molecular formula is C82H78F18N8O8. The Kier molecular flexibility index (Phi) is 29.7. The highest BCUT2D eigenvalue weighted by atomic mass is 19.3. The van der Waals surface area contributed by atoms with Gasteiger partial charge in [0.25, 0.3) is 41.4 Å². The molecule has 1 aliphatic heterocycles. The van der Waals surface area contributed by atoms with Crippen molar-refractivity contribution in [2.45, 2.75) is 147 Å². The summed E-state index contributed by atoms with van der Waals surface area (Å²) in [6, 6.07) is 21.8. The van der Waals surface area contributed by atoms with Gasteiger partial charge in [-0.1, -0.05) is 32.4 Å². The zero-order valence-corrected chi connectivity index (χ0v) is 63.1. The van der Waals surface area contributed by atoms with Gasteiger partial charge in [0.2, 0.25) is 0 Å². The lowest BCUT2D eigenvalue weighted by Gasteiger charge is -2.32. The van der Waals surface area contributed by atoms with Crippen LogP contribution >= 0.6 is 0 Å². The average molecular weight is 1650 g/mol. The number of benzene rings is 8. The van der Waals surface area contributed by atoms with E-state index in [0.717, 1.165) is 90.5 Å². The highest BCUT2D eigenvalue weighted by molar-refractivity contribution is 6.07. The topological polar surface area (TPSA) is 227 Å². The molecule has 8 aromatic rings. The second kappa shape index (κ2) is 37.7. The fourth-order valence-corrected chi connectivity index (χ4v) is 11.2. The van der Waals surface area contributed by atoms with Crippen molar-refractivity contribution in [1.29, 1.82) is 0 Å². The fourth-order valence-electron chi connectivity index (χ4n) is 11.2. The molecule has 10 rings (SSSR count). The molecule has 0 radical (unpaired) electrons.